The minimum atomic E-state index is -3.32. The van der Waals surface area contributed by atoms with Crippen LogP contribution in [-0.4, -0.2) is 14.5 Å². The summed E-state index contributed by atoms with van der Waals surface area (Å²) in [4.78, 5) is 0.989. The first-order chi connectivity index (χ1) is 7.05. The van der Waals surface area contributed by atoms with Gasteiger partial charge in [0.05, 0.1) is 0 Å². The third kappa shape index (κ3) is 3.84. The van der Waals surface area contributed by atoms with Gasteiger partial charge < -0.3 is 0 Å². The monoisotopic (exact) mass is 310 g/mol. The Morgan fingerprint density at radius 1 is 1.53 bits per heavy atom. The summed E-state index contributed by atoms with van der Waals surface area (Å²) in [7, 11) is -3.32. The van der Waals surface area contributed by atoms with Crippen molar-refractivity contribution in [2.24, 2.45) is 0 Å². The Morgan fingerprint density at radius 3 is 2.80 bits per heavy atom. The van der Waals surface area contributed by atoms with Gasteiger partial charge >= 0.3 is 0 Å². The highest BCUT2D eigenvalue weighted by Crippen LogP contribution is 2.21. The van der Waals surface area contributed by atoms with E-state index in [2.05, 4.69) is 25.4 Å². The van der Waals surface area contributed by atoms with Crippen LogP contribution in [0.1, 0.15) is 17.7 Å². The van der Waals surface area contributed by atoms with Crippen LogP contribution in [0.2, 0.25) is 0 Å². The maximum atomic E-state index is 11.4. The van der Waals surface area contributed by atoms with Crippen LogP contribution in [0.15, 0.2) is 15.9 Å². The molecule has 0 radical (unpaired) electrons. The van der Waals surface area contributed by atoms with Crippen LogP contribution in [0.25, 0.3) is 0 Å². The largest absolute Gasteiger partial charge is 0.277 e. The van der Waals surface area contributed by atoms with Gasteiger partial charge in [-0.3, -0.25) is 0 Å². The Bertz CT molecular complexity index is 439. The zero-order chi connectivity index (χ0) is 10.9. The van der Waals surface area contributed by atoms with Crippen molar-refractivity contribution in [3.05, 3.63) is 20.8 Å². The molecule has 1 aliphatic carbocycles. The van der Waals surface area contributed by atoms with Gasteiger partial charge in [0.2, 0.25) is 0 Å². The first-order valence-corrected chi connectivity index (χ1v) is 7.70. The van der Waals surface area contributed by atoms with Crippen LogP contribution in [-0.2, 0) is 16.8 Å². The molecule has 1 aliphatic rings. The number of nitrogens with one attached hydrogen (secondary N) is 2. The number of rotatable bonds is 5. The summed E-state index contributed by atoms with van der Waals surface area (Å²) in [5.74, 6) is 0. The van der Waals surface area contributed by atoms with E-state index in [9.17, 15) is 8.42 Å². The Kier molecular flexibility index (Phi) is 3.46. The standard InChI is InChI=1S/C8H11BrN2O2S2/c9-6-3-8(14-5-6)4-10-15(12,13)11-7-1-2-7/h3,5,7,10-11H,1-2,4H2. The van der Waals surface area contributed by atoms with E-state index in [1.807, 2.05) is 11.4 Å². The summed E-state index contributed by atoms with van der Waals surface area (Å²) >= 11 is 4.84. The van der Waals surface area contributed by atoms with Gasteiger partial charge in [0.15, 0.2) is 0 Å². The van der Waals surface area contributed by atoms with Gasteiger partial charge in [-0.05, 0) is 34.8 Å². The fraction of sp³-hybridized carbons (Fsp3) is 0.500. The van der Waals surface area contributed by atoms with E-state index in [4.69, 9.17) is 0 Å². The average Bonchev–Trinajstić information content (AvgIpc) is 2.83. The minimum Gasteiger partial charge on any atom is -0.199 e. The molecule has 7 heteroatoms. The topological polar surface area (TPSA) is 58.2 Å². The number of hydrogen-bond donors (Lipinski definition) is 2. The molecule has 1 aromatic heterocycles. The van der Waals surface area contributed by atoms with E-state index in [1.165, 1.54) is 11.3 Å². The normalized spacial score (nSPS) is 16.9. The maximum absolute atomic E-state index is 11.4. The van der Waals surface area contributed by atoms with Gasteiger partial charge in [-0.15, -0.1) is 11.3 Å². The maximum Gasteiger partial charge on any atom is 0.277 e. The predicted molar refractivity (Wildman–Crippen MR) is 63.9 cm³/mol. The molecule has 0 saturated heterocycles. The van der Waals surface area contributed by atoms with Gasteiger partial charge in [-0.25, -0.2) is 0 Å². The predicted octanol–water partition coefficient (Wildman–Crippen LogP) is 1.60. The highest BCUT2D eigenvalue weighted by Gasteiger charge is 2.26. The van der Waals surface area contributed by atoms with Gasteiger partial charge in [0.25, 0.3) is 10.2 Å². The van der Waals surface area contributed by atoms with Crippen molar-refractivity contribution >= 4 is 37.5 Å². The van der Waals surface area contributed by atoms with E-state index in [-0.39, 0.29) is 6.04 Å². The van der Waals surface area contributed by atoms with Crippen molar-refractivity contribution in [2.45, 2.75) is 25.4 Å². The third-order valence-electron chi connectivity index (χ3n) is 1.96. The first kappa shape index (κ1) is 11.5. The molecular formula is C8H11BrN2O2S2. The second kappa shape index (κ2) is 4.50. The van der Waals surface area contributed by atoms with Crippen LogP contribution in [0.4, 0.5) is 0 Å². The molecule has 1 saturated carbocycles. The fourth-order valence-corrected chi connectivity index (χ4v) is 3.66. The summed E-state index contributed by atoms with van der Waals surface area (Å²) in [6, 6.07) is 2.06. The zero-order valence-corrected chi connectivity index (χ0v) is 11.1. The zero-order valence-electron chi connectivity index (χ0n) is 7.86. The first-order valence-electron chi connectivity index (χ1n) is 4.55. The van der Waals surface area contributed by atoms with Crippen LogP contribution in [0.5, 0.6) is 0 Å². The van der Waals surface area contributed by atoms with Crippen molar-refractivity contribution in [1.29, 1.82) is 0 Å². The van der Waals surface area contributed by atoms with Gasteiger partial charge in [-0.1, -0.05) is 0 Å². The molecular weight excluding hydrogens is 300 g/mol. The Hall–Kier alpha value is 0.0500. The lowest BCUT2D eigenvalue weighted by Crippen LogP contribution is -2.37. The molecule has 1 heterocycles. The summed E-state index contributed by atoms with van der Waals surface area (Å²) in [5, 5.41) is 1.93. The molecule has 1 fully saturated rings. The molecule has 0 aromatic carbocycles. The summed E-state index contributed by atoms with van der Waals surface area (Å²) < 4.78 is 28.9. The lowest BCUT2D eigenvalue weighted by molar-refractivity contribution is 0.566. The van der Waals surface area contributed by atoms with E-state index in [1.54, 1.807) is 0 Å². The van der Waals surface area contributed by atoms with E-state index in [0.29, 0.717) is 6.54 Å². The Labute approximate surface area is 101 Å². The SMILES string of the molecule is O=S(=O)(NCc1cc(Br)cs1)NC1CC1. The van der Waals surface area contributed by atoms with Gasteiger partial charge in [0, 0.05) is 27.3 Å². The van der Waals surface area contributed by atoms with Crippen molar-refractivity contribution in [2.75, 3.05) is 0 Å². The minimum absolute atomic E-state index is 0.151. The lowest BCUT2D eigenvalue weighted by Gasteiger charge is -2.05. The molecule has 0 aliphatic heterocycles. The molecule has 1 aromatic rings. The van der Waals surface area contributed by atoms with Gasteiger partial charge in [0.1, 0.15) is 0 Å². The smallest absolute Gasteiger partial charge is 0.199 e. The molecule has 0 atom stereocenters. The molecule has 2 rings (SSSR count). The number of hydrogen-bond acceptors (Lipinski definition) is 3. The Balaban J connectivity index is 1.86. The second-order valence-corrected chi connectivity index (χ2v) is 6.89. The molecule has 2 N–H and O–H groups in total. The van der Waals surface area contributed by atoms with Crippen LogP contribution < -0.4 is 9.44 Å². The van der Waals surface area contributed by atoms with Gasteiger partial charge in [-0.2, -0.15) is 17.9 Å². The van der Waals surface area contributed by atoms with Crippen molar-refractivity contribution < 1.29 is 8.42 Å². The molecule has 84 valence electrons. The molecule has 4 nitrogen and oxygen atoms in total. The second-order valence-electron chi connectivity index (χ2n) is 3.45. The Morgan fingerprint density at radius 2 is 2.27 bits per heavy atom. The average molecular weight is 311 g/mol. The van der Waals surface area contributed by atoms with Crippen molar-refractivity contribution in [3.8, 4) is 0 Å². The molecule has 0 bridgehead atoms. The summed E-state index contributed by atoms with van der Waals surface area (Å²) in [6.07, 6.45) is 1.90. The van der Waals surface area contributed by atoms with E-state index in [0.717, 1.165) is 22.2 Å². The van der Waals surface area contributed by atoms with E-state index >= 15 is 0 Å². The van der Waals surface area contributed by atoms with Crippen LogP contribution >= 0.6 is 27.3 Å². The number of thiophene rings is 1. The molecule has 0 unspecified atom stereocenters. The quantitative estimate of drug-likeness (QED) is 0.868. The van der Waals surface area contributed by atoms with Crippen LogP contribution in [0, 0.1) is 0 Å². The number of halogens is 1. The van der Waals surface area contributed by atoms with E-state index < -0.39 is 10.2 Å². The molecule has 0 spiro atoms. The lowest BCUT2D eigenvalue weighted by atomic mass is 10.5. The third-order valence-corrected chi connectivity index (χ3v) is 4.82. The summed E-state index contributed by atoms with van der Waals surface area (Å²) in [5.41, 5.74) is 0. The highest BCUT2D eigenvalue weighted by molar-refractivity contribution is 9.10. The molecule has 15 heavy (non-hydrogen) atoms. The highest BCUT2D eigenvalue weighted by atomic mass is 79.9. The van der Waals surface area contributed by atoms with Crippen molar-refractivity contribution in [3.63, 3.8) is 0 Å². The van der Waals surface area contributed by atoms with Crippen molar-refractivity contribution in [1.82, 2.24) is 9.44 Å². The molecule has 0 amide bonds. The van der Waals surface area contributed by atoms with Crippen LogP contribution in [0.3, 0.4) is 0 Å². The summed E-state index contributed by atoms with van der Waals surface area (Å²) in [6.45, 7) is 0.346. The fourth-order valence-electron chi connectivity index (χ4n) is 1.07.